The monoisotopic (exact) mass is 330 g/mol. The predicted molar refractivity (Wildman–Crippen MR) is 91.2 cm³/mol. The fourth-order valence-corrected chi connectivity index (χ4v) is 2.18. The van der Waals surface area contributed by atoms with Gasteiger partial charge in [0.25, 0.3) is 5.91 Å². The Labute approximate surface area is 141 Å². The molecule has 0 aliphatic heterocycles. The fraction of sp³-hybridized carbons (Fsp3) is 0.278. The summed E-state index contributed by atoms with van der Waals surface area (Å²) in [4.78, 5) is 10.8. The fourth-order valence-electron chi connectivity index (χ4n) is 2.18. The molecule has 0 aliphatic carbocycles. The van der Waals surface area contributed by atoms with Gasteiger partial charge in [0, 0.05) is 13.1 Å². The standard InChI is InChI=1S/C18H22N2O4/c1-22-15-6-3-13(4-7-15)10-20-11-14-5-8-16(17(9-14)23-2)24-12-18(19)21/h3-9,20H,10-12H2,1-2H3,(H2,19,21). The number of hydrogen-bond donors (Lipinski definition) is 2. The third-order valence-electron chi connectivity index (χ3n) is 3.42. The summed E-state index contributed by atoms with van der Waals surface area (Å²) in [6.45, 7) is 1.25. The number of carbonyl (C=O) groups is 1. The van der Waals surface area contributed by atoms with Gasteiger partial charge in [0.05, 0.1) is 14.2 Å². The second-order valence-corrected chi connectivity index (χ2v) is 5.19. The van der Waals surface area contributed by atoms with Gasteiger partial charge in [0.15, 0.2) is 18.1 Å². The molecule has 0 aromatic heterocycles. The predicted octanol–water partition coefficient (Wildman–Crippen LogP) is 1.86. The first-order valence-electron chi connectivity index (χ1n) is 7.54. The van der Waals surface area contributed by atoms with Crippen molar-refractivity contribution in [2.24, 2.45) is 5.73 Å². The number of benzene rings is 2. The number of nitrogens with one attached hydrogen (secondary N) is 1. The Morgan fingerprint density at radius 3 is 2.25 bits per heavy atom. The van der Waals surface area contributed by atoms with Gasteiger partial charge in [-0.25, -0.2) is 0 Å². The molecule has 0 saturated carbocycles. The van der Waals surface area contributed by atoms with Crippen LogP contribution in [0.15, 0.2) is 42.5 Å². The molecule has 0 atom stereocenters. The third kappa shape index (κ3) is 5.17. The molecule has 2 aromatic rings. The summed E-state index contributed by atoms with van der Waals surface area (Å²) in [5, 5.41) is 3.37. The Balaban J connectivity index is 1.90. The first kappa shape index (κ1) is 17.6. The van der Waals surface area contributed by atoms with E-state index in [1.165, 1.54) is 5.56 Å². The average molecular weight is 330 g/mol. The molecule has 0 aliphatic rings. The molecule has 0 spiro atoms. The van der Waals surface area contributed by atoms with Gasteiger partial charge >= 0.3 is 0 Å². The molecule has 0 saturated heterocycles. The second kappa shape index (κ2) is 8.79. The van der Waals surface area contributed by atoms with Gasteiger partial charge in [0.2, 0.25) is 0 Å². The van der Waals surface area contributed by atoms with Gasteiger partial charge in [-0.3, -0.25) is 4.79 Å². The molecular weight excluding hydrogens is 308 g/mol. The van der Waals surface area contributed by atoms with Gasteiger partial charge in [0.1, 0.15) is 5.75 Å². The Morgan fingerprint density at radius 1 is 0.958 bits per heavy atom. The Kier molecular flexibility index (Phi) is 6.45. The van der Waals surface area contributed by atoms with Crippen LogP contribution in [0.4, 0.5) is 0 Å². The minimum Gasteiger partial charge on any atom is -0.497 e. The van der Waals surface area contributed by atoms with Gasteiger partial charge < -0.3 is 25.3 Å². The number of amides is 1. The van der Waals surface area contributed by atoms with Crippen molar-refractivity contribution in [1.82, 2.24) is 5.32 Å². The Hall–Kier alpha value is -2.73. The number of methoxy groups -OCH3 is 2. The molecule has 0 heterocycles. The minimum atomic E-state index is -0.526. The first-order valence-corrected chi connectivity index (χ1v) is 7.54. The largest absolute Gasteiger partial charge is 0.497 e. The topological polar surface area (TPSA) is 82.8 Å². The van der Waals surface area contributed by atoms with Crippen molar-refractivity contribution in [3.63, 3.8) is 0 Å². The molecule has 128 valence electrons. The lowest BCUT2D eigenvalue weighted by Gasteiger charge is -2.12. The minimum absolute atomic E-state index is 0.175. The van der Waals surface area contributed by atoms with Crippen LogP contribution in [0, 0.1) is 0 Å². The van der Waals surface area contributed by atoms with Crippen molar-refractivity contribution in [2.75, 3.05) is 20.8 Å². The van der Waals surface area contributed by atoms with Crippen LogP contribution in [-0.4, -0.2) is 26.7 Å². The summed E-state index contributed by atoms with van der Waals surface area (Å²) in [5.41, 5.74) is 7.30. The molecule has 1 amide bonds. The number of carbonyl (C=O) groups excluding carboxylic acids is 1. The molecule has 6 heteroatoms. The van der Waals surface area contributed by atoms with Crippen molar-refractivity contribution >= 4 is 5.91 Å². The van der Waals surface area contributed by atoms with E-state index in [9.17, 15) is 4.79 Å². The number of ether oxygens (including phenoxy) is 3. The summed E-state index contributed by atoms with van der Waals surface area (Å²) in [7, 11) is 3.21. The van der Waals surface area contributed by atoms with E-state index in [1.807, 2.05) is 36.4 Å². The van der Waals surface area contributed by atoms with Crippen LogP contribution in [-0.2, 0) is 17.9 Å². The van der Waals surface area contributed by atoms with Crippen LogP contribution in [0.5, 0.6) is 17.2 Å². The summed E-state index contributed by atoms with van der Waals surface area (Å²) < 4.78 is 15.7. The first-order chi connectivity index (χ1) is 11.6. The highest BCUT2D eigenvalue weighted by molar-refractivity contribution is 5.75. The molecule has 3 N–H and O–H groups in total. The van der Waals surface area contributed by atoms with E-state index in [1.54, 1.807) is 20.3 Å². The maximum absolute atomic E-state index is 10.8. The zero-order valence-electron chi connectivity index (χ0n) is 13.9. The molecule has 6 nitrogen and oxygen atoms in total. The quantitative estimate of drug-likeness (QED) is 0.733. The van der Waals surface area contributed by atoms with Crippen molar-refractivity contribution < 1.29 is 19.0 Å². The highest BCUT2D eigenvalue weighted by Crippen LogP contribution is 2.28. The second-order valence-electron chi connectivity index (χ2n) is 5.19. The van der Waals surface area contributed by atoms with E-state index in [0.29, 0.717) is 18.0 Å². The van der Waals surface area contributed by atoms with Gasteiger partial charge in [-0.05, 0) is 35.4 Å². The molecular formula is C18H22N2O4. The maximum atomic E-state index is 10.8. The summed E-state index contributed by atoms with van der Waals surface area (Å²) in [6.07, 6.45) is 0. The highest BCUT2D eigenvalue weighted by Gasteiger charge is 2.07. The Bertz CT molecular complexity index is 671. The molecule has 2 aromatic carbocycles. The summed E-state index contributed by atoms with van der Waals surface area (Å²) in [5.74, 6) is 1.38. The van der Waals surface area contributed by atoms with E-state index in [-0.39, 0.29) is 6.61 Å². The lowest BCUT2D eigenvalue weighted by Crippen LogP contribution is -2.20. The number of rotatable bonds is 9. The molecule has 2 rings (SSSR count). The smallest absolute Gasteiger partial charge is 0.255 e. The number of nitrogens with two attached hydrogens (primary N) is 1. The molecule has 24 heavy (non-hydrogen) atoms. The zero-order valence-corrected chi connectivity index (χ0v) is 13.9. The van der Waals surface area contributed by atoms with Gasteiger partial charge in [-0.1, -0.05) is 18.2 Å². The molecule has 0 unspecified atom stereocenters. The zero-order chi connectivity index (χ0) is 17.4. The van der Waals surface area contributed by atoms with Crippen molar-refractivity contribution in [1.29, 1.82) is 0 Å². The number of primary amides is 1. The van der Waals surface area contributed by atoms with Crippen LogP contribution in [0.2, 0.25) is 0 Å². The van der Waals surface area contributed by atoms with Crippen molar-refractivity contribution in [3.8, 4) is 17.2 Å². The van der Waals surface area contributed by atoms with Gasteiger partial charge in [-0.15, -0.1) is 0 Å². The van der Waals surface area contributed by atoms with E-state index >= 15 is 0 Å². The highest BCUT2D eigenvalue weighted by atomic mass is 16.5. The maximum Gasteiger partial charge on any atom is 0.255 e. The van der Waals surface area contributed by atoms with Crippen LogP contribution < -0.4 is 25.3 Å². The van der Waals surface area contributed by atoms with Crippen LogP contribution in [0.1, 0.15) is 11.1 Å². The van der Waals surface area contributed by atoms with E-state index in [0.717, 1.165) is 17.9 Å². The molecule has 0 fully saturated rings. The average Bonchev–Trinajstić information content (AvgIpc) is 2.61. The lowest BCUT2D eigenvalue weighted by atomic mass is 10.2. The SMILES string of the molecule is COc1ccc(CNCc2ccc(OCC(N)=O)c(OC)c2)cc1. The van der Waals surface area contributed by atoms with E-state index < -0.39 is 5.91 Å². The van der Waals surface area contributed by atoms with E-state index in [4.69, 9.17) is 19.9 Å². The van der Waals surface area contributed by atoms with Crippen LogP contribution in [0.25, 0.3) is 0 Å². The molecule has 0 bridgehead atoms. The third-order valence-corrected chi connectivity index (χ3v) is 3.42. The van der Waals surface area contributed by atoms with Crippen LogP contribution >= 0.6 is 0 Å². The van der Waals surface area contributed by atoms with Crippen LogP contribution in [0.3, 0.4) is 0 Å². The van der Waals surface area contributed by atoms with Crippen molar-refractivity contribution in [2.45, 2.75) is 13.1 Å². The van der Waals surface area contributed by atoms with Crippen molar-refractivity contribution in [3.05, 3.63) is 53.6 Å². The normalized spacial score (nSPS) is 10.2. The van der Waals surface area contributed by atoms with E-state index in [2.05, 4.69) is 5.32 Å². The summed E-state index contributed by atoms with van der Waals surface area (Å²) >= 11 is 0. The Morgan fingerprint density at radius 2 is 1.62 bits per heavy atom. The van der Waals surface area contributed by atoms with Gasteiger partial charge in [-0.2, -0.15) is 0 Å². The number of hydrogen-bond acceptors (Lipinski definition) is 5. The summed E-state index contributed by atoms with van der Waals surface area (Å²) in [6, 6.07) is 13.5. The lowest BCUT2D eigenvalue weighted by molar-refractivity contribution is -0.119. The molecule has 0 radical (unpaired) electrons.